The van der Waals surface area contributed by atoms with E-state index in [9.17, 15) is 5.11 Å². The second-order valence-corrected chi connectivity index (χ2v) is 4.11. The first-order valence-corrected chi connectivity index (χ1v) is 5.02. The molecule has 1 aromatic carbocycles. The summed E-state index contributed by atoms with van der Waals surface area (Å²) >= 11 is 0. The van der Waals surface area contributed by atoms with Gasteiger partial charge in [0.2, 0.25) is 0 Å². The molecule has 1 aliphatic carbocycles. The van der Waals surface area contributed by atoms with E-state index in [2.05, 4.69) is 26.0 Å². The summed E-state index contributed by atoms with van der Waals surface area (Å²) in [6.07, 6.45) is 3.31. The van der Waals surface area contributed by atoms with Gasteiger partial charge in [0.25, 0.3) is 0 Å². The Bertz CT molecular complexity index is 301. The van der Waals surface area contributed by atoms with Crippen molar-refractivity contribution in [2.24, 2.45) is 5.92 Å². The molecule has 0 amide bonds. The maximum atomic E-state index is 9.79. The molecule has 2 bridgehead atoms. The van der Waals surface area contributed by atoms with Gasteiger partial charge in [-0.2, -0.15) is 0 Å². The van der Waals surface area contributed by atoms with Crippen molar-refractivity contribution in [3.8, 4) is 5.75 Å². The normalized spacial score (nSPS) is 16.2. The van der Waals surface area contributed by atoms with Gasteiger partial charge in [0.05, 0.1) is 0 Å². The summed E-state index contributed by atoms with van der Waals surface area (Å²) in [6, 6.07) is 4.22. The van der Waals surface area contributed by atoms with Crippen molar-refractivity contribution < 1.29 is 5.11 Å². The largest absolute Gasteiger partial charge is 0.507 e. The number of hydrogen-bond acceptors (Lipinski definition) is 1. The highest BCUT2D eigenvalue weighted by atomic mass is 16.3. The summed E-state index contributed by atoms with van der Waals surface area (Å²) in [6.45, 7) is 4.32. The maximum Gasteiger partial charge on any atom is 0.121 e. The molecule has 70 valence electrons. The fraction of sp³-hybridized carbons (Fsp3) is 0.500. The Morgan fingerprint density at radius 2 is 1.85 bits per heavy atom. The first kappa shape index (κ1) is 8.61. The number of phenolic OH excluding ortho intramolecular Hbond substituents is 1. The van der Waals surface area contributed by atoms with Crippen LogP contribution in [0.15, 0.2) is 12.1 Å². The van der Waals surface area contributed by atoms with E-state index in [0.717, 1.165) is 29.9 Å². The van der Waals surface area contributed by atoms with Gasteiger partial charge in [-0.1, -0.05) is 31.0 Å². The van der Waals surface area contributed by atoms with Crippen molar-refractivity contribution in [1.29, 1.82) is 0 Å². The number of aromatic hydroxyl groups is 1. The smallest absolute Gasteiger partial charge is 0.121 e. The summed E-state index contributed by atoms with van der Waals surface area (Å²) in [5, 5.41) is 9.79. The number of rotatable bonds is 1. The van der Waals surface area contributed by atoms with Crippen LogP contribution in [0.3, 0.4) is 0 Å². The van der Waals surface area contributed by atoms with E-state index in [1.165, 1.54) is 12.0 Å². The van der Waals surface area contributed by atoms with E-state index in [-0.39, 0.29) is 0 Å². The Morgan fingerprint density at radius 3 is 2.31 bits per heavy atom. The maximum absolute atomic E-state index is 9.79. The monoisotopic (exact) mass is 176 g/mol. The summed E-state index contributed by atoms with van der Waals surface area (Å²) in [7, 11) is 0. The second kappa shape index (κ2) is 3.06. The van der Waals surface area contributed by atoms with Gasteiger partial charge < -0.3 is 5.11 Å². The molecule has 0 radical (unpaired) electrons. The Labute approximate surface area is 79.4 Å². The third-order valence-corrected chi connectivity index (χ3v) is 3.01. The molecule has 0 fully saturated rings. The lowest BCUT2D eigenvalue weighted by Crippen LogP contribution is -2.13. The molecule has 0 saturated carbocycles. The van der Waals surface area contributed by atoms with Gasteiger partial charge in [-0.15, -0.1) is 0 Å². The molecule has 0 aliphatic heterocycles. The molecular formula is C12H16O. The first-order valence-electron chi connectivity index (χ1n) is 5.02. The van der Waals surface area contributed by atoms with Crippen LogP contribution in [0.4, 0.5) is 0 Å². The topological polar surface area (TPSA) is 20.2 Å². The van der Waals surface area contributed by atoms with Crippen molar-refractivity contribution >= 4 is 0 Å². The van der Waals surface area contributed by atoms with Crippen LogP contribution in [0, 0.1) is 12.8 Å². The van der Waals surface area contributed by atoms with Crippen LogP contribution in [0.1, 0.15) is 30.0 Å². The van der Waals surface area contributed by atoms with Gasteiger partial charge in [-0.25, -0.2) is 0 Å². The van der Waals surface area contributed by atoms with E-state index < -0.39 is 0 Å². The van der Waals surface area contributed by atoms with Crippen molar-refractivity contribution in [2.75, 3.05) is 0 Å². The average molecular weight is 176 g/mol. The third-order valence-electron chi connectivity index (χ3n) is 3.01. The Morgan fingerprint density at radius 1 is 1.31 bits per heavy atom. The molecule has 1 N–H and O–H groups in total. The van der Waals surface area contributed by atoms with Gasteiger partial charge >= 0.3 is 0 Å². The number of fused-ring (bicyclic) bond motifs is 2. The highest BCUT2D eigenvalue weighted by Crippen LogP contribution is 2.35. The van der Waals surface area contributed by atoms with Gasteiger partial charge in [-0.05, 0) is 36.8 Å². The Kier molecular flexibility index (Phi) is 2.03. The number of hydrogen-bond donors (Lipinski definition) is 1. The van der Waals surface area contributed by atoms with Gasteiger partial charge in [0.15, 0.2) is 0 Å². The molecule has 1 aromatic rings. The van der Waals surface area contributed by atoms with Crippen molar-refractivity contribution in [2.45, 2.75) is 33.1 Å². The fourth-order valence-electron chi connectivity index (χ4n) is 2.23. The summed E-state index contributed by atoms with van der Waals surface area (Å²) in [5.74, 6) is 1.29. The lowest BCUT2D eigenvalue weighted by molar-refractivity contribution is 0.410. The number of benzene rings is 1. The quantitative estimate of drug-likeness (QED) is 0.697. The molecule has 1 nitrogen and oxygen atoms in total. The fourth-order valence-corrected chi connectivity index (χ4v) is 2.23. The van der Waals surface area contributed by atoms with Crippen LogP contribution in [-0.2, 0) is 12.8 Å². The van der Waals surface area contributed by atoms with Gasteiger partial charge in [-0.3, -0.25) is 0 Å². The molecular weight excluding hydrogens is 160 g/mol. The predicted molar refractivity (Wildman–Crippen MR) is 54.0 cm³/mol. The number of phenols is 1. The molecule has 0 heterocycles. The minimum absolute atomic E-state index is 0.551. The highest BCUT2D eigenvalue weighted by molar-refractivity contribution is 5.46. The van der Waals surface area contributed by atoms with Crippen molar-refractivity contribution in [1.82, 2.24) is 0 Å². The molecule has 1 aliphatic rings. The third kappa shape index (κ3) is 1.43. The molecule has 0 aromatic heterocycles. The zero-order chi connectivity index (χ0) is 9.42. The molecule has 1 heteroatoms. The molecule has 0 atom stereocenters. The Hall–Kier alpha value is -0.980. The van der Waals surface area contributed by atoms with E-state index in [1.54, 1.807) is 0 Å². The summed E-state index contributed by atoms with van der Waals surface area (Å²) in [4.78, 5) is 0. The Balaban J connectivity index is 2.43. The molecule has 0 spiro atoms. The summed E-state index contributed by atoms with van der Waals surface area (Å²) < 4.78 is 0. The average Bonchev–Trinajstić information content (AvgIpc) is 2.07. The van der Waals surface area contributed by atoms with E-state index in [0.29, 0.717) is 5.75 Å². The molecule has 2 rings (SSSR count). The lowest BCUT2D eigenvalue weighted by atomic mass is 9.83. The first-order chi connectivity index (χ1) is 6.20. The SMILES string of the molecule is CCC1Cc2cc(C)cc(c2O)C1. The van der Waals surface area contributed by atoms with Gasteiger partial charge in [0.1, 0.15) is 5.75 Å². The van der Waals surface area contributed by atoms with E-state index in [4.69, 9.17) is 0 Å². The van der Waals surface area contributed by atoms with Crippen LogP contribution >= 0.6 is 0 Å². The van der Waals surface area contributed by atoms with Crippen LogP contribution in [0.25, 0.3) is 0 Å². The standard InChI is InChI=1S/C12H16O/c1-3-9-6-10-4-8(2)5-11(7-9)12(10)13/h4-5,9,13H,3,6-7H2,1-2H3. The van der Waals surface area contributed by atoms with Crippen molar-refractivity contribution in [3.63, 3.8) is 0 Å². The molecule has 13 heavy (non-hydrogen) atoms. The molecule has 0 unspecified atom stereocenters. The highest BCUT2D eigenvalue weighted by Gasteiger charge is 2.20. The lowest BCUT2D eigenvalue weighted by Gasteiger charge is -2.24. The molecule has 0 saturated heterocycles. The van der Waals surface area contributed by atoms with Crippen molar-refractivity contribution in [3.05, 3.63) is 28.8 Å². The zero-order valence-corrected chi connectivity index (χ0v) is 8.30. The zero-order valence-electron chi connectivity index (χ0n) is 8.30. The summed E-state index contributed by atoms with van der Waals surface area (Å²) in [5.41, 5.74) is 3.57. The van der Waals surface area contributed by atoms with Gasteiger partial charge in [0, 0.05) is 0 Å². The van der Waals surface area contributed by atoms with Crippen LogP contribution in [0.2, 0.25) is 0 Å². The van der Waals surface area contributed by atoms with E-state index in [1.807, 2.05) is 0 Å². The minimum Gasteiger partial charge on any atom is -0.507 e. The predicted octanol–water partition coefficient (Wildman–Crippen LogP) is 2.83. The van der Waals surface area contributed by atoms with Crippen LogP contribution in [0.5, 0.6) is 5.75 Å². The second-order valence-electron chi connectivity index (χ2n) is 4.11. The van der Waals surface area contributed by atoms with Crippen LogP contribution in [-0.4, -0.2) is 5.11 Å². The number of aryl methyl sites for hydroxylation is 1. The minimum atomic E-state index is 0.551. The van der Waals surface area contributed by atoms with Crippen LogP contribution < -0.4 is 0 Å². The van der Waals surface area contributed by atoms with E-state index >= 15 is 0 Å².